The Morgan fingerprint density at radius 3 is 2.47 bits per heavy atom. The van der Waals surface area contributed by atoms with Crippen LogP contribution in [0.15, 0.2) is 32.7 Å². The number of nitrogens with one attached hydrogen (secondary N) is 1. The molecule has 2 aromatic rings. The first kappa shape index (κ1) is 24.4. The van der Waals surface area contributed by atoms with Crippen molar-refractivity contribution in [2.45, 2.75) is 39.1 Å². The molecule has 30 heavy (non-hydrogen) atoms. The zero-order valence-corrected chi connectivity index (χ0v) is 19.7. The second-order valence-corrected chi connectivity index (χ2v) is 9.62. The van der Waals surface area contributed by atoms with Crippen LogP contribution in [0.2, 0.25) is 10.0 Å². The van der Waals surface area contributed by atoms with Crippen LogP contribution >= 0.6 is 35.0 Å². The molecule has 0 radical (unpaired) electrons. The summed E-state index contributed by atoms with van der Waals surface area (Å²) in [6.07, 6.45) is 0. The summed E-state index contributed by atoms with van der Waals surface area (Å²) in [7, 11) is 0. The number of nitrogens with zero attached hydrogens (tertiary/aromatic N) is 2. The minimum Gasteiger partial charge on any atom is -0.383 e. The van der Waals surface area contributed by atoms with Gasteiger partial charge in [-0.2, -0.15) is 0 Å². The Bertz CT molecular complexity index is 1030. The summed E-state index contributed by atoms with van der Waals surface area (Å²) in [6, 6.07) is 5.00. The third kappa shape index (κ3) is 6.06. The monoisotopic (exact) mass is 472 g/mol. The smallest absolute Gasteiger partial charge is 0.330 e. The lowest BCUT2D eigenvalue weighted by molar-refractivity contribution is -0.116. The molecule has 0 saturated heterocycles. The van der Waals surface area contributed by atoms with Gasteiger partial charge < -0.3 is 10.6 Å². The molecule has 0 aliphatic rings. The van der Waals surface area contributed by atoms with Gasteiger partial charge in [0.15, 0.2) is 5.69 Å². The number of thioether (sulfide) groups is 1. The van der Waals surface area contributed by atoms with E-state index in [2.05, 4.69) is 4.98 Å². The van der Waals surface area contributed by atoms with Crippen LogP contribution in [-0.4, -0.2) is 27.8 Å². The highest BCUT2D eigenvalue weighted by molar-refractivity contribution is 8.00. The number of rotatable bonds is 8. The maximum Gasteiger partial charge on any atom is 0.330 e. The van der Waals surface area contributed by atoms with Crippen molar-refractivity contribution in [2.75, 3.05) is 22.9 Å². The average Bonchev–Trinajstić information content (AvgIpc) is 2.64. The van der Waals surface area contributed by atoms with Crippen LogP contribution in [0.5, 0.6) is 0 Å². The van der Waals surface area contributed by atoms with Crippen molar-refractivity contribution in [2.24, 2.45) is 11.8 Å². The van der Waals surface area contributed by atoms with Crippen LogP contribution in [0.1, 0.15) is 27.7 Å². The largest absolute Gasteiger partial charge is 0.383 e. The van der Waals surface area contributed by atoms with Crippen LogP contribution in [0.25, 0.3) is 0 Å². The minimum absolute atomic E-state index is 0.00765. The van der Waals surface area contributed by atoms with E-state index in [0.717, 1.165) is 0 Å². The number of carbonyl (C=O) groups is 1. The molecule has 10 heteroatoms. The third-order valence-corrected chi connectivity index (χ3v) is 5.84. The van der Waals surface area contributed by atoms with Gasteiger partial charge in [-0.15, -0.1) is 11.8 Å². The molecule has 0 aliphatic carbocycles. The highest BCUT2D eigenvalue weighted by Crippen LogP contribution is 2.30. The van der Waals surface area contributed by atoms with Crippen LogP contribution in [0.4, 0.5) is 11.5 Å². The van der Waals surface area contributed by atoms with E-state index in [9.17, 15) is 14.4 Å². The summed E-state index contributed by atoms with van der Waals surface area (Å²) in [4.78, 5) is 42.2. The molecule has 1 heterocycles. The van der Waals surface area contributed by atoms with Crippen molar-refractivity contribution in [3.05, 3.63) is 49.1 Å². The van der Waals surface area contributed by atoms with Crippen LogP contribution in [-0.2, 0) is 11.3 Å². The quantitative estimate of drug-likeness (QED) is 0.567. The summed E-state index contributed by atoms with van der Waals surface area (Å²) in [5, 5.41) is 0.991. The molecule has 1 amide bonds. The van der Waals surface area contributed by atoms with E-state index in [1.165, 1.54) is 21.2 Å². The molecule has 0 fully saturated rings. The summed E-state index contributed by atoms with van der Waals surface area (Å²) in [6.45, 7) is 8.31. The van der Waals surface area contributed by atoms with Gasteiger partial charge in [0.05, 0.1) is 10.8 Å². The van der Waals surface area contributed by atoms with Gasteiger partial charge in [0, 0.05) is 23.0 Å². The van der Waals surface area contributed by atoms with E-state index < -0.39 is 11.2 Å². The first-order valence-corrected chi connectivity index (χ1v) is 11.3. The first-order valence-electron chi connectivity index (χ1n) is 9.52. The highest BCUT2D eigenvalue weighted by Gasteiger charge is 2.25. The summed E-state index contributed by atoms with van der Waals surface area (Å²) in [5.74, 6) is -0.125. The standard InChI is InChI=1S/C20H26Cl2N4O3S/c1-11(2)8-25(16(27)10-30-15-7-13(21)5-6-14(15)22)17-18(23)26(9-12(3)4)20(29)24-19(17)28/h5-7,11-12H,8-10,23H2,1-4H3,(H,24,28,29). The van der Waals surface area contributed by atoms with Gasteiger partial charge in [-0.05, 0) is 30.0 Å². The fraction of sp³-hybridized carbons (Fsp3) is 0.450. The Kier molecular flexibility index (Phi) is 8.46. The molecule has 7 nitrogen and oxygen atoms in total. The predicted molar refractivity (Wildman–Crippen MR) is 125 cm³/mol. The molecule has 0 unspecified atom stereocenters. The molecular formula is C20H26Cl2N4O3S. The Labute approximate surface area is 189 Å². The average molecular weight is 473 g/mol. The Morgan fingerprint density at radius 2 is 1.87 bits per heavy atom. The van der Waals surface area contributed by atoms with E-state index >= 15 is 0 Å². The number of benzene rings is 1. The zero-order valence-electron chi connectivity index (χ0n) is 17.4. The van der Waals surface area contributed by atoms with E-state index in [4.69, 9.17) is 28.9 Å². The molecule has 1 aromatic carbocycles. The van der Waals surface area contributed by atoms with Crippen molar-refractivity contribution in [1.29, 1.82) is 0 Å². The Morgan fingerprint density at radius 1 is 1.20 bits per heavy atom. The van der Waals surface area contributed by atoms with Gasteiger partial charge in [-0.1, -0.05) is 50.9 Å². The summed E-state index contributed by atoms with van der Waals surface area (Å²) >= 11 is 13.4. The van der Waals surface area contributed by atoms with Crippen LogP contribution < -0.4 is 21.9 Å². The van der Waals surface area contributed by atoms with E-state index in [1.54, 1.807) is 18.2 Å². The van der Waals surface area contributed by atoms with E-state index in [1.807, 2.05) is 27.7 Å². The third-order valence-electron chi connectivity index (χ3n) is 4.12. The first-order chi connectivity index (χ1) is 14.0. The number of nitrogens with two attached hydrogens (primary N) is 1. The summed E-state index contributed by atoms with van der Waals surface area (Å²) < 4.78 is 1.29. The minimum atomic E-state index is -0.683. The van der Waals surface area contributed by atoms with E-state index in [0.29, 0.717) is 21.5 Å². The van der Waals surface area contributed by atoms with Gasteiger partial charge in [0.2, 0.25) is 5.91 Å². The number of aromatic amines is 1. The number of anilines is 2. The molecule has 1 aromatic heterocycles. The maximum atomic E-state index is 13.1. The number of hydrogen-bond donors (Lipinski definition) is 2. The predicted octanol–water partition coefficient (Wildman–Crippen LogP) is 3.86. The number of aromatic nitrogens is 2. The van der Waals surface area contributed by atoms with Crippen molar-refractivity contribution < 1.29 is 4.79 Å². The Hall–Kier alpha value is -1.90. The molecule has 3 N–H and O–H groups in total. The molecule has 0 spiro atoms. The van der Waals surface area contributed by atoms with Gasteiger partial charge >= 0.3 is 5.69 Å². The van der Waals surface area contributed by atoms with E-state index in [-0.39, 0.29) is 41.5 Å². The normalized spacial score (nSPS) is 11.3. The van der Waals surface area contributed by atoms with Gasteiger partial charge in [-0.3, -0.25) is 19.1 Å². The van der Waals surface area contributed by atoms with Crippen LogP contribution in [0, 0.1) is 11.8 Å². The number of nitrogen functional groups attached to an aromatic ring is 1. The molecule has 164 valence electrons. The molecule has 0 bridgehead atoms. The molecule has 2 rings (SSSR count). The van der Waals surface area contributed by atoms with Crippen molar-refractivity contribution in [1.82, 2.24) is 9.55 Å². The topological polar surface area (TPSA) is 101 Å². The number of hydrogen-bond acceptors (Lipinski definition) is 5. The number of carbonyl (C=O) groups excluding carboxylic acids is 1. The van der Waals surface area contributed by atoms with Gasteiger partial charge in [0.1, 0.15) is 5.82 Å². The van der Waals surface area contributed by atoms with Crippen molar-refractivity contribution in [3.8, 4) is 0 Å². The second-order valence-electron chi connectivity index (χ2n) is 7.76. The Balaban J connectivity index is 2.42. The second kappa shape index (κ2) is 10.4. The number of H-pyrrole nitrogens is 1. The zero-order chi connectivity index (χ0) is 22.6. The number of amides is 1. The van der Waals surface area contributed by atoms with Crippen molar-refractivity contribution >= 4 is 52.4 Å². The van der Waals surface area contributed by atoms with Gasteiger partial charge in [0.25, 0.3) is 5.56 Å². The lowest BCUT2D eigenvalue weighted by atomic mass is 10.2. The van der Waals surface area contributed by atoms with Crippen LogP contribution in [0.3, 0.4) is 0 Å². The number of halogens is 2. The maximum absolute atomic E-state index is 13.1. The van der Waals surface area contributed by atoms with Gasteiger partial charge in [-0.25, -0.2) is 4.79 Å². The summed E-state index contributed by atoms with van der Waals surface area (Å²) in [5.41, 5.74) is 4.92. The fourth-order valence-corrected chi connectivity index (χ4v) is 4.24. The highest BCUT2D eigenvalue weighted by atomic mass is 35.5. The lowest BCUT2D eigenvalue weighted by Gasteiger charge is -2.26. The fourth-order valence-electron chi connectivity index (χ4n) is 2.87. The molecule has 0 atom stereocenters. The molecular weight excluding hydrogens is 447 g/mol. The van der Waals surface area contributed by atoms with Crippen molar-refractivity contribution in [3.63, 3.8) is 0 Å². The molecule has 0 saturated carbocycles. The lowest BCUT2D eigenvalue weighted by Crippen LogP contribution is -2.43. The molecule has 0 aliphatic heterocycles. The SMILES string of the molecule is CC(C)CN(C(=O)CSc1cc(Cl)ccc1Cl)c1c(N)n(CC(C)C)c(=O)[nH]c1=O.